The van der Waals surface area contributed by atoms with Crippen LogP contribution in [-0.4, -0.2) is 42.6 Å². The number of pyridine rings is 1. The number of anilines is 1. The zero-order chi connectivity index (χ0) is 22.0. The zero-order valence-corrected chi connectivity index (χ0v) is 20.6. The standard InChI is InChI=1S/C24H30F2N4O.2ClH/c1-3-16(2)12-28-23(31)21-14-27-13-20(17-9-18(25)11-19(26)10-17)22(21)30-8-6-24(15-30)5-4-7-29-24;;/h9-11,13-14,16,29H,3-8,12,15H2,1-2H3,(H,28,31);2*1H. The highest BCUT2D eigenvalue weighted by atomic mass is 35.5. The Labute approximate surface area is 206 Å². The summed E-state index contributed by atoms with van der Waals surface area (Å²) >= 11 is 0. The Morgan fingerprint density at radius 1 is 1.21 bits per heavy atom. The van der Waals surface area contributed by atoms with Gasteiger partial charge in [0.1, 0.15) is 11.6 Å². The first-order chi connectivity index (χ1) is 14.9. The Morgan fingerprint density at radius 3 is 2.58 bits per heavy atom. The number of hydrogen-bond donors (Lipinski definition) is 2. The van der Waals surface area contributed by atoms with E-state index in [0.29, 0.717) is 34.8 Å². The summed E-state index contributed by atoms with van der Waals surface area (Å²) in [6.45, 7) is 7.26. The largest absolute Gasteiger partial charge is 0.368 e. The van der Waals surface area contributed by atoms with Crippen molar-refractivity contribution in [3.05, 3.63) is 47.8 Å². The molecule has 2 unspecified atom stereocenters. The van der Waals surface area contributed by atoms with Gasteiger partial charge in [-0.3, -0.25) is 9.78 Å². The molecule has 1 spiro atoms. The molecule has 4 rings (SSSR count). The van der Waals surface area contributed by atoms with Crippen LogP contribution < -0.4 is 15.5 Å². The van der Waals surface area contributed by atoms with Gasteiger partial charge in [-0.1, -0.05) is 20.3 Å². The van der Waals surface area contributed by atoms with Crippen LogP contribution in [0.4, 0.5) is 14.5 Å². The molecule has 2 aliphatic heterocycles. The third-order valence-electron chi connectivity index (χ3n) is 6.65. The number of amides is 1. The average Bonchev–Trinajstić information content (AvgIpc) is 3.40. The predicted molar refractivity (Wildman–Crippen MR) is 133 cm³/mol. The van der Waals surface area contributed by atoms with Crippen molar-refractivity contribution in [1.29, 1.82) is 0 Å². The minimum absolute atomic E-state index is 0. The van der Waals surface area contributed by atoms with Crippen molar-refractivity contribution in [3.8, 4) is 11.1 Å². The van der Waals surface area contributed by atoms with Crippen LogP contribution >= 0.6 is 24.8 Å². The third-order valence-corrected chi connectivity index (χ3v) is 6.65. The Kier molecular flexibility index (Phi) is 9.47. The van der Waals surface area contributed by atoms with Crippen molar-refractivity contribution in [2.45, 2.75) is 45.1 Å². The zero-order valence-electron chi connectivity index (χ0n) is 19.0. The first-order valence-electron chi connectivity index (χ1n) is 11.1. The molecule has 2 aliphatic rings. The molecule has 3 heterocycles. The number of hydrogen-bond acceptors (Lipinski definition) is 4. The molecular formula is C24H32Cl2F2N4O. The van der Waals surface area contributed by atoms with Crippen molar-refractivity contribution in [2.24, 2.45) is 5.92 Å². The third kappa shape index (κ3) is 5.94. The van der Waals surface area contributed by atoms with Crippen molar-refractivity contribution in [1.82, 2.24) is 15.6 Å². The van der Waals surface area contributed by atoms with Crippen molar-refractivity contribution < 1.29 is 13.6 Å². The van der Waals surface area contributed by atoms with Gasteiger partial charge < -0.3 is 15.5 Å². The number of carbonyl (C=O) groups excluding carboxylic acids is 1. The van der Waals surface area contributed by atoms with E-state index in [-0.39, 0.29) is 36.3 Å². The van der Waals surface area contributed by atoms with E-state index in [4.69, 9.17) is 0 Å². The van der Waals surface area contributed by atoms with Gasteiger partial charge in [0.25, 0.3) is 5.91 Å². The Bertz CT molecular complexity index is 949. The lowest BCUT2D eigenvalue weighted by Crippen LogP contribution is -2.42. The summed E-state index contributed by atoms with van der Waals surface area (Å²) < 4.78 is 28.0. The van der Waals surface area contributed by atoms with Gasteiger partial charge in [-0.2, -0.15) is 0 Å². The maximum absolute atomic E-state index is 14.0. The summed E-state index contributed by atoms with van der Waals surface area (Å²) in [5.41, 5.74) is 2.15. The fourth-order valence-corrected chi connectivity index (χ4v) is 4.67. The average molecular weight is 501 g/mol. The fraction of sp³-hybridized carbons (Fsp3) is 0.500. The molecule has 33 heavy (non-hydrogen) atoms. The quantitative estimate of drug-likeness (QED) is 0.587. The molecule has 1 aromatic heterocycles. The lowest BCUT2D eigenvalue weighted by Gasteiger charge is -2.28. The van der Waals surface area contributed by atoms with Gasteiger partial charge in [-0.15, -0.1) is 24.8 Å². The minimum Gasteiger partial charge on any atom is -0.368 e. The summed E-state index contributed by atoms with van der Waals surface area (Å²) in [4.78, 5) is 19.6. The molecule has 0 bridgehead atoms. The summed E-state index contributed by atoms with van der Waals surface area (Å²) in [6, 6.07) is 3.45. The fourth-order valence-electron chi connectivity index (χ4n) is 4.67. The highest BCUT2D eigenvalue weighted by Gasteiger charge is 2.41. The van der Waals surface area contributed by atoms with Gasteiger partial charge in [0.2, 0.25) is 0 Å². The molecular weight excluding hydrogens is 469 g/mol. The van der Waals surface area contributed by atoms with Gasteiger partial charge in [0, 0.05) is 49.2 Å². The molecule has 5 nitrogen and oxygen atoms in total. The number of halogens is 4. The SMILES string of the molecule is CCC(C)CNC(=O)c1cncc(-c2cc(F)cc(F)c2)c1N1CCC2(CCCN2)C1.Cl.Cl. The molecule has 2 N–H and O–H groups in total. The summed E-state index contributed by atoms with van der Waals surface area (Å²) in [5, 5.41) is 6.63. The van der Waals surface area contributed by atoms with Crippen LogP contribution in [0.5, 0.6) is 0 Å². The summed E-state index contributed by atoms with van der Waals surface area (Å²) in [6.07, 6.45) is 7.33. The molecule has 1 aromatic carbocycles. The van der Waals surface area contributed by atoms with Gasteiger partial charge in [-0.05, 0) is 49.4 Å². The molecule has 2 fully saturated rings. The number of nitrogens with one attached hydrogen (secondary N) is 2. The second-order valence-corrected chi connectivity index (χ2v) is 8.95. The number of benzene rings is 1. The Morgan fingerprint density at radius 2 is 1.94 bits per heavy atom. The maximum atomic E-state index is 14.0. The lowest BCUT2D eigenvalue weighted by atomic mass is 9.96. The molecule has 0 aliphatic carbocycles. The highest BCUT2D eigenvalue weighted by molar-refractivity contribution is 6.03. The molecule has 9 heteroatoms. The second-order valence-electron chi connectivity index (χ2n) is 8.95. The Balaban J connectivity index is 0.00000193. The van der Waals surface area contributed by atoms with Crippen LogP contribution in [0.25, 0.3) is 11.1 Å². The van der Waals surface area contributed by atoms with E-state index >= 15 is 0 Å². The van der Waals surface area contributed by atoms with Crippen LogP contribution in [0.3, 0.4) is 0 Å². The van der Waals surface area contributed by atoms with Crippen LogP contribution in [0.15, 0.2) is 30.6 Å². The predicted octanol–water partition coefficient (Wildman–Crippen LogP) is 4.98. The molecule has 2 saturated heterocycles. The molecule has 2 aromatic rings. The normalized spacial score (nSPS) is 20.3. The van der Waals surface area contributed by atoms with E-state index < -0.39 is 11.6 Å². The van der Waals surface area contributed by atoms with Crippen molar-refractivity contribution in [2.75, 3.05) is 31.1 Å². The van der Waals surface area contributed by atoms with Gasteiger partial charge in [0.05, 0.1) is 11.3 Å². The van der Waals surface area contributed by atoms with Crippen LogP contribution in [0, 0.1) is 17.6 Å². The van der Waals surface area contributed by atoms with E-state index in [1.54, 1.807) is 12.4 Å². The maximum Gasteiger partial charge on any atom is 0.254 e. The first-order valence-corrected chi connectivity index (χ1v) is 11.1. The van der Waals surface area contributed by atoms with E-state index in [2.05, 4.69) is 34.4 Å². The van der Waals surface area contributed by atoms with E-state index in [1.807, 2.05) is 0 Å². The Hall–Kier alpha value is -1.96. The molecule has 0 radical (unpaired) electrons. The summed E-state index contributed by atoms with van der Waals surface area (Å²) in [5.74, 6) is -1.15. The number of rotatable bonds is 6. The number of carbonyl (C=O) groups is 1. The van der Waals surface area contributed by atoms with Crippen LogP contribution in [0.1, 0.15) is 49.9 Å². The summed E-state index contributed by atoms with van der Waals surface area (Å²) in [7, 11) is 0. The second kappa shape index (κ2) is 11.4. The van der Waals surface area contributed by atoms with Gasteiger partial charge >= 0.3 is 0 Å². The van der Waals surface area contributed by atoms with Crippen molar-refractivity contribution >= 4 is 36.4 Å². The lowest BCUT2D eigenvalue weighted by molar-refractivity contribution is 0.0948. The van der Waals surface area contributed by atoms with E-state index in [9.17, 15) is 13.6 Å². The molecule has 0 saturated carbocycles. The molecule has 1 amide bonds. The monoisotopic (exact) mass is 500 g/mol. The topological polar surface area (TPSA) is 57.3 Å². The first kappa shape index (κ1) is 27.3. The van der Waals surface area contributed by atoms with Crippen LogP contribution in [-0.2, 0) is 0 Å². The number of nitrogens with zero attached hydrogens (tertiary/aromatic N) is 2. The van der Waals surface area contributed by atoms with Crippen molar-refractivity contribution in [3.63, 3.8) is 0 Å². The number of aromatic nitrogens is 1. The molecule has 2 atom stereocenters. The minimum atomic E-state index is -0.650. The van der Waals surface area contributed by atoms with Gasteiger partial charge in [-0.25, -0.2) is 8.78 Å². The van der Waals surface area contributed by atoms with E-state index in [1.165, 1.54) is 12.1 Å². The highest BCUT2D eigenvalue weighted by Crippen LogP contribution is 2.39. The molecule has 182 valence electrons. The van der Waals surface area contributed by atoms with Crippen LogP contribution in [0.2, 0.25) is 0 Å². The van der Waals surface area contributed by atoms with Gasteiger partial charge in [0.15, 0.2) is 0 Å². The smallest absolute Gasteiger partial charge is 0.254 e. The van der Waals surface area contributed by atoms with E-state index in [0.717, 1.165) is 51.4 Å².